The third-order valence-electron chi connectivity index (χ3n) is 2.29. The molecule has 0 spiro atoms. The van der Waals surface area contributed by atoms with Crippen molar-refractivity contribution in [3.05, 3.63) is 21.4 Å². The van der Waals surface area contributed by atoms with Crippen LogP contribution < -0.4 is 37.7 Å². The largest absolute Gasteiger partial charge is 1.00 e. The van der Waals surface area contributed by atoms with E-state index in [-0.39, 0.29) is 37.7 Å². The van der Waals surface area contributed by atoms with E-state index in [9.17, 15) is 18.1 Å². The fourth-order valence-corrected chi connectivity index (χ4v) is 3.18. The van der Waals surface area contributed by atoms with Crippen LogP contribution in [-0.2, 0) is 10.1 Å². The Morgan fingerprint density at radius 2 is 1.82 bits per heavy atom. The van der Waals surface area contributed by atoms with E-state index in [0.29, 0.717) is 0 Å². The fourth-order valence-electron chi connectivity index (χ4n) is 1.51. The van der Waals surface area contributed by atoms with E-state index in [0.717, 1.165) is 15.3 Å². The zero-order valence-corrected chi connectivity index (χ0v) is 12.4. The van der Waals surface area contributed by atoms with Gasteiger partial charge in [-0.3, -0.25) is 0 Å². The van der Waals surface area contributed by atoms with Gasteiger partial charge in [-0.25, -0.2) is 8.42 Å². The van der Waals surface area contributed by atoms with Crippen molar-refractivity contribution in [1.82, 2.24) is 0 Å². The summed E-state index contributed by atoms with van der Waals surface area (Å²) < 4.78 is 32.0. The van der Waals surface area contributed by atoms with Gasteiger partial charge in [-0.1, -0.05) is 6.92 Å². The van der Waals surface area contributed by atoms with Gasteiger partial charge in [0.1, 0.15) is 15.6 Å². The molecule has 1 aromatic heterocycles. The Morgan fingerprint density at radius 1 is 1.35 bits per heavy atom. The van der Waals surface area contributed by atoms with E-state index in [2.05, 4.69) is 0 Å². The number of aryl methyl sites for hydroxylation is 2. The molecular weight excluding hydrogens is 250 g/mol. The van der Waals surface area contributed by atoms with Gasteiger partial charge in [0.2, 0.25) is 0 Å². The van der Waals surface area contributed by atoms with Gasteiger partial charge in [-0.05, 0) is 25.5 Å². The smallest absolute Gasteiger partial charge is 0.746 e. The normalized spacial score (nSPS) is 14.4. The molecule has 1 aromatic rings. The Bertz CT molecular complexity index is 456. The van der Waals surface area contributed by atoms with Crippen molar-refractivity contribution in [3.8, 4) is 0 Å². The molecule has 1 rings (SSSR count). The predicted octanol–water partition coefficient (Wildman–Crippen LogP) is -4.66. The molecule has 0 fully saturated rings. The summed E-state index contributed by atoms with van der Waals surface area (Å²) in [6.07, 6.45) is 0. The molecule has 0 aliphatic carbocycles. The summed E-state index contributed by atoms with van der Waals surface area (Å²) in [4.78, 5) is 1.97. The summed E-state index contributed by atoms with van der Waals surface area (Å²) in [5, 5.41) is 9.35. The topological polar surface area (TPSA) is 77.4 Å². The molecule has 0 radical (unpaired) electrons. The molecule has 17 heavy (non-hydrogen) atoms. The van der Waals surface area contributed by atoms with Crippen LogP contribution in [0.4, 0.5) is 0 Å². The van der Waals surface area contributed by atoms with Crippen molar-refractivity contribution >= 4 is 21.5 Å². The van der Waals surface area contributed by atoms with E-state index in [4.69, 9.17) is 0 Å². The summed E-state index contributed by atoms with van der Waals surface area (Å²) in [6.45, 7) is 5.27. The molecule has 0 saturated heterocycles. The Labute approximate surface area is 130 Å². The van der Waals surface area contributed by atoms with E-state index in [1.165, 1.54) is 18.3 Å². The minimum atomic E-state index is -4.65. The van der Waals surface area contributed by atoms with Crippen LogP contribution in [0.3, 0.4) is 0 Å². The van der Waals surface area contributed by atoms with E-state index in [1.54, 1.807) is 6.07 Å². The summed E-state index contributed by atoms with van der Waals surface area (Å²) in [6, 6.07) is 1.80. The molecule has 4 nitrogen and oxygen atoms in total. The Kier molecular flexibility index (Phi) is 8.72. The molecule has 8 heteroatoms. The Morgan fingerprint density at radius 3 is 2.12 bits per heavy atom. The molecule has 2 unspecified atom stereocenters. The number of thiophene rings is 1. The average Bonchev–Trinajstić information content (AvgIpc) is 2.41. The van der Waals surface area contributed by atoms with Gasteiger partial charge in [0.25, 0.3) is 0 Å². The first kappa shape index (κ1) is 20.1. The number of hydrogen-bond acceptors (Lipinski definition) is 5. The van der Waals surface area contributed by atoms with Gasteiger partial charge in [0, 0.05) is 15.7 Å². The van der Waals surface area contributed by atoms with E-state index in [1.807, 2.05) is 13.8 Å². The standard InChI is InChI=1S/C9H14O4S2.2Li/c1-5-4-8(7(3)14-5)6(2)9(10)15(11,12)13;;/h4,6,9-10H,1-3H3,(H,11,12,13);;/q;2*+1/p-1. The van der Waals surface area contributed by atoms with Crippen LogP contribution in [0.15, 0.2) is 6.07 Å². The minimum Gasteiger partial charge on any atom is -0.746 e. The molecule has 86 valence electrons. The third-order valence-corrected chi connectivity index (χ3v) is 4.27. The summed E-state index contributed by atoms with van der Waals surface area (Å²) in [5.41, 5.74) is -1.14. The SMILES string of the molecule is Cc1cc(C(C)C(O)S(=O)(=O)[O-])c(C)s1.[Li+].[Li+]. The van der Waals surface area contributed by atoms with Gasteiger partial charge in [-0.15, -0.1) is 11.3 Å². The minimum absolute atomic E-state index is 0. The van der Waals surface area contributed by atoms with Crippen LogP contribution in [0.2, 0.25) is 0 Å². The third kappa shape index (κ3) is 5.10. The molecule has 1 N–H and O–H groups in total. The quantitative estimate of drug-likeness (QED) is 0.439. The molecule has 0 saturated carbocycles. The maximum Gasteiger partial charge on any atom is 1.00 e. The van der Waals surface area contributed by atoms with E-state index < -0.39 is 21.5 Å². The van der Waals surface area contributed by atoms with Crippen molar-refractivity contribution in [2.45, 2.75) is 32.1 Å². The summed E-state index contributed by atoms with van der Waals surface area (Å²) in [7, 11) is -4.65. The van der Waals surface area contributed by atoms with Crippen LogP contribution in [-0.4, -0.2) is 23.5 Å². The number of aliphatic hydroxyl groups is 1. The second-order valence-corrected chi connectivity index (χ2v) is 6.47. The van der Waals surface area contributed by atoms with Gasteiger partial charge >= 0.3 is 37.7 Å². The van der Waals surface area contributed by atoms with Crippen LogP contribution in [0.5, 0.6) is 0 Å². The number of rotatable bonds is 3. The molecule has 0 bridgehead atoms. The van der Waals surface area contributed by atoms with Gasteiger partial charge in [0.15, 0.2) is 0 Å². The molecule has 0 aliphatic rings. The van der Waals surface area contributed by atoms with Crippen molar-refractivity contribution in [2.75, 3.05) is 0 Å². The molecule has 0 aliphatic heterocycles. The van der Waals surface area contributed by atoms with E-state index >= 15 is 0 Å². The molecule has 0 amide bonds. The zero-order valence-electron chi connectivity index (χ0n) is 10.7. The summed E-state index contributed by atoms with van der Waals surface area (Å²) in [5.74, 6) is -0.683. The van der Waals surface area contributed by atoms with Crippen LogP contribution >= 0.6 is 11.3 Å². The van der Waals surface area contributed by atoms with Crippen LogP contribution in [0, 0.1) is 13.8 Å². The van der Waals surface area contributed by atoms with Crippen molar-refractivity contribution < 1.29 is 55.8 Å². The first-order chi connectivity index (χ1) is 6.73. The zero-order chi connectivity index (χ0) is 11.8. The average molecular weight is 263 g/mol. The second-order valence-electron chi connectivity index (χ2n) is 3.54. The van der Waals surface area contributed by atoms with Crippen LogP contribution in [0.25, 0.3) is 0 Å². The summed E-state index contributed by atoms with van der Waals surface area (Å²) >= 11 is 1.52. The van der Waals surface area contributed by atoms with Crippen molar-refractivity contribution in [3.63, 3.8) is 0 Å². The predicted molar refractivity (Wildman–Crippen MR) is 57.9 cm³/mol. The fraction of sp³-hybridized carbons (Fsp3) is 0.556. The Hall–Kier alpha value is 0.765. The van der Waals surface area contributed by atoms with Crippen molar-refractivity contribution in [1.29, 1.82) is 0 Å². The first-order valence-electron chi connectivity index (χ1n) is 4.43. The Balaban J connectivity index is 0. The van der Waals surface area contributed by atoms with Crippen molar-refractivity contribution in [2.24, 2.45) is 0 Å². The second kappa shape index (κ2) is 7.38. The van der Waals surface area contributed by atoms with Crippen LogP contribution in [0.1, 0.15) is 28.2 Å². The molecular formula is C9H13Li2O4S2+. The van der Waals surface area contributed by atoms with Gasteiger partial charge in [0.05, 0.1) is 0 Å². The molecule has 0 aromatic carbocycles. The number of hydrogen-bond donors (Lipinski definition) is 1. The first-order valence-corrected chi connectivity index (χ1v) is 6.72. The molecule has 2 atom stereocenters. The van der Waals surface area contributed by atoms with Gasteiger partial charge < -0.3 is 9.66 Å². The van der Waals surface area contributed by atoms with Gasteiger partial charge in [-0.2, -0.15) is 0 Å². The maximum atomic E-state index is 10.7. The molecule has 1 heterocycles. The number of aliphatic hydroxyl groups excluding tert-OH is 1. The monoisotopic (exact) mass is 263 g/mol. The maximum absolute atomic E-state index is 10.7.